The van der Waals surface area contributed by atoms with Crippen LogP contribution in [0.1, 0.15) is 74.8 Å². The number of benzene rings is 1. The number of amides is 3. The van der Waals surface area contributed by atoms with Crippen LogP contribution in [-0.4, -0.2) is 78.6 Å². The smallest absolute Gasteiger partial charge is 0.410 e. The third kappa shape index (κ3) is 8.70. The fourth-order valence-corrected chi connectivity index (χ4v) is 4.66. The standard InChI is InChI=1S/C30H49N3O6/c1-19(2)21(26(36)38-13)32(11)25(35)22(28(3,4)5)31-24(34)23(33(12)27(37)39-29(6,7)8)30(9,10)20-17-15-14-16-18-20/h14-19,21-23H,1-13H3,(H,31,34). The lowest BCUT2D eigenvalue weighted by Crippen LogP contribution is -2.63. The summed E-state index contributed by atoms with van der Waals surface area (Å²) >= 11 is 0. The predicted molar refractivity (Wildman–Crippen MR) is 152 cm³/mol. The summed E-state index contributed by atoms with van der Waals surface area (Å²) in [7, 11) is 4.34. The molecule has 3 atom stereocenters. The van der Waals surface area contributed by atoms with Crippen molar-refractivity contribution in [2.75, 3.05) is 21.2 Å². The van der Waals surface area contributed by atoms with Crippen molar-refractivity contribution in [2.45, 2.75) is 98.4 Å². The monoisotopic (exact) mass is 547 g/mol. The Balaban J connectivity index is 3.56. The Kier molecular flexibility index (Phi) is 11.2. The maximum absolute atomic E-state index is 14.1. The Bertz CT molecular complexity index is 1010. The summed E-state index contributed by atoms with van der Waals surface area (Å²) in [4.78, 5) is 56.3. The Hall–Kier alpha value is -3.10. The van der Waals surface area contributed by atoms with Crippen molar-refractivity contribution in [2.24, 2.45) is 11.3 Å². The average molecular weight is 548 g/mol. The molecule has 0 aromatic heterocycles. The molecule has 9 heteroatoms. The van der Waals surface area contributed by atoms with Crippen LogP contribution in [0.2, 0.25) is 0 Å². The first kappa shape index (κ1) is 33.9. The average Bonchev–Trinajstić information content (AvgIpc) is 2.80. The van der Waals surface area contributed by atoms with E-state index in [1.165, 1.54) is 31.0 Å². The van der Waals surface area contributed by atoms with Gasteiger partial charge in [0.2, 0.25) is 11.8 Å². The molecule has 1 aromatic rings. The minimum atomic E-state index is -1.03. The lowest BCUT2D eigenvalue weighted by Gasteiger charge is -2.42. The number of methoxy groups -OCH3 is 1. The molecule has 1 N–H and O–H groups in total. The summed E-state index contributed by atoms with van der Waals surface area (Å²) in [5.74, 6) is -1.70. The van der Waals surface area contributed by atoms with Crippen LogP contribution in [-0.2, 0) is 29.3 Å². The van der Waals surface area contributed by atoms with E-state index in [-0.39, 0.29) is 5.92 Å². The Morgan fingerprint density at radius 3 is 1.77 bits per heavy atom. The first-order chi connectivity index (χ1) is 17.7. The van der Waals surface area contributed by atoms with Crippen LogP contribution in [0.15, 0.2) is 30.3 Å². The number of esters is 1. The number of carbonyl (C=O) groups is 4. The van der Waals surface area contributed by atoms with Gasteiger partial charge in [-0.1, -0.05) is 78.8 Å². The van der Waals surface area contributed by atoms with E-state index in [4.69, 9.17) is 9.47 Å². The lowest BCUT2D eigenvalue weighted by molar-refractivity contribution is -0.156. The number of nitrogens with one attached hydrogen (secondary N) is 1. The number of hydrogen-bond donors (Lipinski definition) is 1. The second-order valence-electron chi connectivity index (χ2n) is 13.1. The number of likely N-dealkylation sites (N-methyl/N-ethyl adjacent to an activating group) is 2. The van der Waals surface area contributed by atoms with Gasteiger partial charge in [-0.05, 0) is 37.7 Å². The van der Waals surface area contributed by atoms with Crippen LogP contribution in [0.3, 0.4) is 0 Å². The molecule has 0 aliphatic heterocycles. The third-order valence-electron chi connectivity index (χ3n) is 6.76. The van der Waals surface area contributed by atoms with Gasteiger partial charge >= 0.3 is 12.1 Å². The van der Waals surface area contributed by atoms with Crippen molar-refractivity contribution in [3.63, 3.8) is 0 Å². The van der Waals surface area contributed by atoms with Crippen molar-refractivity contribution < 1.29 is 28.7 Å². The van der Waals surface area contributed by atoms with Crippen LogP contribution in [0.25, 0.3) is 0 Å². The van der Waals surface area contributed by atoms with Crippen molar-refractivity contribution in [3.05, 3.63) is 35.9 Å². The molecule has 220 valence electrons. The van der Waals surface area contributed by atoms with Crippen LogP contribution in [0.4, 0.5) is 4.79 Å². The van der Waals surface area contributed by atoms with E-state index in [0.29, 0.717) is 0 Å². The van der Waals surface area contributed by atoms with Crippen LogP contribution in [0.5, 0.6) is 0 Å². The zero-order valence-electron chi connectivity index (χ0n) is 26.0. The highest BCUT2D eigenvalue weighted by Crippen LogP contribution is 2.32. The molecule has 0 aliphatic carbocycles. The maximum Gasteiger partial charge on any atom is 0.410 e. The van der Waals surface area contributed by atoms with Gasteiger partial charge in [-0.15, -0.1) is 0 Å². The highest BCUT2D eigenvalue weighted by molar-refractivity contribution is 5.94. The molecule has 3 unspecified atom stereocenters. The van der Waals surface area contributed by atoms with Crippen molar-refractivity contribution in [1.29, 1.82) is 0 Å². The van der Waals surface area contributed by atoms with Gasteiger partial charge < -0.3 is 19.7 Å². The highest BCUT2D eigenvalue weighted by atomic mass is 16.6. The molecule has 1 aromatic carbocycles. The van der Waals surface area contributed by atoms with Gasteiger partial charge in [0.25, 0.3) is 0 Å². The summed E-state index contributed by atoms with van der Waals surface area (Å²) in [6.07, 6.45) is -0.659. The zero-order chi connectivity index (χ0) is 30.5. The Labute approximate surface area is 234 Å². The second kappa shape index (κ2) is 12.8. The van der Waals surface area contributed by atoms with Crippen LogP contribution >= 0.6 is 0 Å². The molecular formula is C30H49N3O6. The molecule has 0 saturated carbocycles. The van der Waals surface area contributed by atoms with Crippen LogP contribution in [0, 0.1) is 11.3 Å². The number of hydrogen-bond acceptors (Lipinski definition) is 6. The van der Waals surface area contributed by atoms with E-state index in [2.05, 4.69) is 5.32 Å². The van der Waals surface area contributed by atoms with Crippen molar-refractivity contribution in [1.82, 2.24) is 15.1 Å². The summed E-state index contributed by atoms with van der Waals surface area (Å²) < 4.78 is 10.5. The minimum Gasteiger partial charge on any atom is -0.467 e. The third-order valence-corrected chi connectivity index (χ3v) is 6.76. The molecule has 0 bridgehead atoms. The predicted octanol–water partition coefficient (Wildman–Crippen LogP) is 4.39. The quantitative estimate of drug-likeness (QED) is 0.460. The minimum absolute atomic E-state index is 0.217. The molecule has 39 heavy (non-hydrogen) atoms. The fourth-order valence-electron chi connectivity index (χ4n) is 4.66. The van der Waals surface area contributed by atoms with Crippen molar-refractivity contribution >= 4 is 23.9 Å². The first-order valence-corrected chi connectivity index (χ1v) is 13.3. The molecular weight excluding hydrogens is 498 g/mol. The van der Waals surface area contributed by atoms with Crippen LogP contribution < -0.4 is 5.32 Å². The molecule has 0 heterocycles. The Morgan fingerprint density at radius 2 is 1.36 bits per heavy atom. The molecule has 9 nitrogen and oxygen atoms in total. The summed E-state index contributed by atoms with van der Waals surface area (Å²) in [5, 5.41) is 2.93. The molecule has 1 rings (SSSR count). The van der Waals surface area contributed by atoms with Gasteiger partial charge in [0.05, 0.1) is 7.11 Å². The van der Waals surface area contributed by atoms with E-state index in [9.17, 15) is 19.2 Å². The van der Waals surface area contributed by atoms with E-state index < -0.39 is 58.4 Å². The normalized spacial score (nSPS) is 14.6. The number of nitrogens with zero attached hydrogens (tertiary/aromatic N) is 2. The molecule has 0 aliphatic rings. The number of ether oxygens (including phenoxy) is 2. The molecule has 0 saturated heterocycles. The second-order valence-corrected chi connectivity index (χ2v) is 13.1. The Morgan fingerprint density at radius 1 is 0.846 bits per heavy atom. The first-order valence-electron chi connectivity index (χ1n) is 13.3. The summed E-state index contributed by atoms with van der Waals surface area (Å²) in [5.41, 5.74) is -1.51. The van der Waals surface area contributed by atoms with E-state index >= 15 is 0 Å². The summed E-state index contributed by atoms with van der Waals surface area (Å²) in [6.45, 7) is 18.2. The topological polar surface area (TPSA) is 105 Å². The molecule has 3 amide bonds. The van der Waals surface area contributed by atoms with E-state index in [0.717, 1.165) is 5.56 Å². The maximum atomic E-state index is 14.1. The SMILES string of the molecule is COC(=O)C(C(C)C)N(C)C(=O)C(NC(=O)C(N(C)C(=O)OC(C)(C)C)C(C)(C)c1ccccc1)C(C)(C)C. The van der Waals surface area contributed by atoms with Crippen molar-refractivity contribution in [3.8, 4) is 0 Å². The van der Waals surface area contributed by atoms with Gasteiger partial charge in [0.1, 0.15) is 23.7 Å². The summed E-state index contributed by atoms with van der Waals surface area (Å²) in [6, 6.07) is 6.55. The van der Waals surface area contributed by atoms with Gasteiger partial charge in [0.15, 0.2) is 0 Å². The molecule has 0 fully saturated rings. The van der Waals surface area contributed by atoms with E-state index in [1.807, 2.05) is 78.8 Å². The lowest BCUT2D eigenvalue weighted by atomic mass is 9.76. The number of carbonyl (C=O) groups excluding carboxylic acids is 4. The highest BCUT2D eigenvalue weighted by Gasteiger charge is 2.46. The largest absolute Gasteiger partial charge is 0.467 e. The fraction of sp³-hybridized carbons (Fsp3) is 0.667. The molecule has 0 radical (unpaired) electrons. The van der Waals surface area contributed by atoms with Gasteiger partial charge in [-0.3, -0.25) is 14.5 Å². The van der Waals surface area contributed by atoms with E-state index in [1.54, 1.807) is 20.8 Å². The van der Waals surface area contributed by atoms with Gasteiger partial charge in [-0.25, -0.2) is 9.59 Å². The molecule has 0 spiro atoms. The van der Waals surface area contributed by atoms with Gasteiger partial charge in [-0.2, -0.15) is 0 Å². The zero-order valence-corrected chi connectivity index (χ0v) is 26.0. The number of rotatable bonds is 9. The van der Waals surface area contributed by atoms with Gasteiger partial charge in [0, 0.05) is 19.5 Å².